The molecule has 0 saturated heterocycles. The molecule has 0 aliphatic carbocycles. The lowest BCUT2D eigenvalue weighted by Gasteiger charge is -1.92. The van der Waals surface area contributed by atoms with Gasteiger partial charge in [0.05, 0.1) is 6.76 Å². The van der Waals surface area contributed by atoms with Gasteiger partial charge in [0, 0.05) is 12.4 Å². The van der Waals surface area contributed by atoms with E-state index in [9.17, 15) is 4.39 Å². The Bertz CT molecular complexity index is 436. The van der Waals surface area contributed by atoms with E-state index in [1.807, 2.05) is 0 Å². The van der Waals surface area contributed by atoms with E-state index < -0.39 is 0 Å². The Morgan fingerprint density at radius 2 is 2.55 bits per heavy atom. The molecule has 3 heteroatoms. The first kappa shape index (κ1) is 5.29. The molecule has 2 heterocycles. The number of nitrogens with zero attached hydrogens (tertiary/aromatic N) is 1. The first-order valence-corrected chi connectivity index (χ1v) is 3.29. The molecule has 11 heavy (non-hydrogen) atoms. The molecule has 0 amide bonds. The molecule has 0 aliphatic rings. The lowest BCUT2D eigenvalue weighted by molar-refractivity contribution is 0.639. The number of hydrogen-bond acceptors (Lipinski definition) is 1. The van der Waals surface area contributed by atoms with Crippen molar-refractivity contribution in [2.45, 2.75) is 6.92 Å². The molecular weight excluding hydrogens is 143 g/mol. The maximum absolute atomic E-state index is 13.0. The van der Waals surface area contributed by atoms with Crippen molar-refractivity contribution < 1.29 is 5.76 Å². The molecule has 0 fully saturated rings. The minimum absolute atomic E-state index is 0.265. The highest BCUT2D eigenvalue weighted by atomic mass is 19.1. The smallest absolute Gasteiger partial charge is 0.150 e. The second-order valence-corrected chi connectivity index (χ2v) is 2.39. The lowest BCUT2D eigenvalue weighted by atomic mass is 10.2. The molecule has 0 atom stereocenters. The molecule has 1 N–H and O–H groups in total. The second-order valence-electron chi connectivity index (χ2n) is 2.39. The monoisotopic (exact) mass is 151 g/mol. The molecule has 0 aliphatic heterocycles. The summed E-state index contributed by atoms with van der Waals surface area (Å²) >= 11 is 0. The summed E-state index contributed by atoms with van der Waals surface area (Å²) in [5, 5.41) is 0.419. The predicted octanol–water partition coefficient (Wildman–Crippen LogP) is 2.01. The van der Waals surface area contributed by atoms with E-state index in [1.165, 1.54) is 12.4 Å². The summed E-state index contributed by atoms with van der Waals surface area (Å²) in [6, 6.07) is 0.265. The maximum atomic E-state index is 13.0. The Morgan fingerprint density at radius 1 is 1.73 bits per heavy atom. The van der Waals surface area contributed by atoms with E-state index in [2.05, 4.69) is 9.97 Å². The number of pyridine rings is 1. The molecule has 0 unspecified atom stereocenters. The zero-order chi connectivity index (χ0) is 8.72. The number of aryl methyl sites for hydroxylation is 1. The molecule has 2 aromatic rings. The summed E-state index contributed by atoms with van der Waals surface area (Å²) < 4.78 is 20.4. The van der Waals surface area contributed by atoms with Gasteiger partial charge in [-0.15, -0.1) is 0 Å². The summed E-state index contributed by atoms with van der Waals surface area (Å²) in [6.45, 7) is 1.71. The van der Waals surface area contributed by atoms with Crippen molar-refractivity contribution in [3.63, 3.8) is 0 Å². The van der Waals surface area contributed by atoms with Gasteiger partial charge in [0.25, 0.3) is 0 Å². The van der Waals surface area contributed by atoms with Crippen molar-refractivity contribution in [2.24, 2.45) is 0 Å². The third kappa shape index (κ3) is 0.808. The number of fused-ring (bicyclic) bond motifs is 1. The molecule has 0 spiro atoms. The van der Waals surface area contributed by atoms with Gasteiger partial charge in [-0.2, -0.15) is 0 Å². The Kier molecular flexibility index (Phi) is 0.987. The fraction of sp³-hybridized carbons (Fsp3) is 0.125. The van der Waals surface area contributed by atoms with Gasteiger partial charge in [-0.05, 0) is 18.5 Å². The van der Waals surface area contributed by atoms with Crippen LogP contribution in [0.2, 0.25) is 0 Å². The largest absolute Gasteiger partial charge is 0.343 e. The maximum Gasteiger partial charge on any atom is 0.150 e. The average molecular weight is 151 g/mol. The lowest BCUT2D eigenvalue weighted by Crippen LogP contribution is -1.79. The van der Waals surface area contributed by atoms with Gasteiger partial charge >= 0.3 is 0 Å². The zero-order valence-electron chi connectivity index (χ0n) is 6.98. The summed E-state index contributed by atoms with van der Waals surface area (Å²) in [5.74, 6) is -0.343. The van der Waals surface area contributed by atoms with Crippen LogP contribution in [0.5, 0.6) is 0 Å². The first-order chi connectivity index (χ1) is 5.70. The standard InChI is InChI=1S/C8H7FN2/c1-5-2-3-10-8-7(5)6(9)4-11-8/h2-4H,1H3,(H,10,11)/i2D. The molecule has 2 rings (SSSR count). The van der Waals surface area contributed by atoms with Crippen molar-refractivity contribution in [3.8, 4) is 0 Å². The number of aromatic amines is 1. The van der Waals surface area contributed by atoms with E-state index in [0.717, 1.165) is 0 Å². The van der Waals surface area contributed by atoms with Gasteiger partial charge in [0.15, 0.2) is 0 Å². The highest BCUT2D eigenvalue weighted by molar-refractivity contribution is 5.79. The fourth-order valence-corrected chi connectivity index (χ4v) is 1.11. The third-order valence-electron chi connectivity index (χ3n) is 1.66. The van der Waals surface area contributed by atoms with E-state index in [1.54, 1.807) is 6.92 Å². The van der Waals surface area contributed by atoms with Crippen LogP contribution in [-0.4, -0.2) is 9.97 Å². The number of hydrogen-bond donors (Lipinski definition) is 1. The number of aromatic nitrogens is 2. The molecule has 0 bridgehead atoms. The van der Waals surface area contributed by atoms with Crippen LogP contribution in [0.25, 0.3) is 11.0 Å². The molecule has 0 radical (unpaired) electrons. The van der Waals surface area contributed by atoms with Crippen LogP contribution in [0, 0.1) is 12.7 Å². The van der Waals surface area contributed by atoms with Gasteiger partial charge < -0.3 is 4.98 Å². The normalized spacial score (nSPS) is 12.0. The number of halogens is 1. The molecule has 0 saturated carbocycles. The van der Waals surface area contributed by atoms with Gasteiger partial charge in [-0.25, -0.2) is 9.37 Å². The molecule has 0 aromatic carbocycles. The SMILES string of the molecule is [2H]c1cnc2[nH]cc(F)c2c1C. The minimum atomic E-state index is -0.343. The third-order valence-corrected chi connectivity index (χ3v) is 1.66. The molecule has 56 valence electrons. The van der Waals surface area contributed by atoms with Crippen LogP contribution < -0.4 is 0 Å². The van der Waals surface area contributed by atoms with E-state index >= 15 is 0 Å². The van der Waals surface area contributed by atoms with Crippen molar-refractivity contribution in [1.82, 2.24) is 9.97 Å². The average Bonchev–Trinajstić information content (AvgIpc) is 2.41. The van der Waals surface area contributed by atoms with Gasteiger partial charge in [0.1, 0.15) is 11.5 Å². The molecular formula is C8H7FN2. The summed E-state index contributed by atoms with van der Waals surface area (Å²) in [6.07, 6.45) is 2.66. The van der Waals surface area contributed by atoms with Crippen molar-refractivity contribution >= 4 is 11.0 Å². The number of nitrogens with one attached hydrogen (secondary N) is 1. The van der Waals surface area contributed by atoms with Gasteiger partial charge in [-0.1, -0.05) is 0 Å². The Labute approximate surface area is 64.5 Å². The van der Waals surface area contributed by atoms with Crippen LogP contribution in [-0.2, 0) is 0 Å². The number of rotatable bonds is 0. The van der Waals surface area contributed by atoms with Crippen LogP contribution in [0.15, 0.2) is 18.4 Å². The van der Waals surface area contributed by atoms with E-state index in [0.29, 0.717) is 16.6 Å². The van der Waals surface area contributed by atoms with Crippen LogP contribution in [0.4, 0.5) is 4.39 Å². The first-order valence-electron chi connectivity index (χ1n) is 3.79. The molecule has 2 nitrogen and oxygen atoms in total. The van der Waals surface area contributed by atoms with Crippen LogP contribution in [0.1, 0.15) is 6.93 Å². The predicted molar refractivity (Wildman–Crippen MR) is 40.8 cm³/mol. The van der Waals surface area contributed by atoms with E-state index in [-0.39, 0.29) is 11.9 Å². The molecule has 2 aromatic heterocycles. The quantitative estimate of drug-likeness (QED) is 0.613. The van der Waals surface area contributed by atoms with Gasteiger partial charge in [-0.3, -0.25) is 0 Å². The van der Waals surface area contributed by atoms with Crippen molar-refractivity contribution in [2.75, 3.05) is 0 Å². The second kappa shape index (κ2) is 2.05. The minimum Gasteiger partial charge on any atom is -0.343 e. The topological polar surface area (TPSA) is 28.7 Å². The van der Waals surface area contributed by atoms with E-state index in [4.69, 9.17) is 1.37 Å². The van der Waals surface area contributed by atoms with Gasteiger partial charge in [0.2, 0.25) is 0 Å². The zero-order valence-corrected chi connectivity index (χ0v) is 5.98. The van der Waals surface area contributed by atoms with Crippen LogP contribution >= 0.6 is 0 Å². The Balaban J connectivity index is 2.96. The highest BCUT2D eigenvalue weighted by Crippen LogP contribution is 2.17. The Morgan fingerprint density at radius 3 is 3.36 bits per heavy atom. The summed E-state index contributed by atoms with van der Waals surface area (Å²) in [5.41, 5.74) is 1.12. The number of H-pyrrole nitrogens is 1. The Hall–Kier alpha value is -1.38. The van der Waals surface area contributed by atoms with Crippen molar-refractivity contribution in [1.29, 1.82) is 0 Å². The van der Waals surface area contributed by atoms with Crippen LogP contribution in [0.3, 0.4) is 0 Å². The fourth-order valence-electron chi connectivity index (χ4n) is 1.11. The summed E-state index contributed by atoms with van der Waals surface area (Å²) in [7, 11) is 0. The highest BCUT2D eigenvalue weighted by Gasteiger charge is 2.04. The summed E-state index contributed by atoms with van der Waals surface area (Å²) in [4.78, 5) is 6.57. The van der Waals surface area contributed by atoms with Crippen molar-refractivity contribution in [3.05, 3.63) is 29.8 Å².